The van der Waals surface area contributed by atoms with Gasteiger partial charge in [0.15, 0.2) is 0 Å². The van der Waals surface area contributed by atoms with E-state index in [-0.39, 0.29) is 11.8 Å². The first-order valence-electron chi connectivity index (χ1n) is 7.37. The Morgan fingerprint density at radius 1 is 1.36 bits per heavy atom. The number of imidazole rings is 1. The molecule has 1 aliphatic heterocycles. The molecule has 1 aliphatic rings. The normalized spacial score (nSPS) is 18.1. The van der Waals surface area contributed by atoms with Crippen LogP contribution in [0, 0.1) is 0 Å². The Hall–Kier alpha value is -2.28. The van der Waals surface area contributed by atoms with Crippen LogP contribution in [0.3, 0.4) is 0 Å². The zero-order valence-electron chi connectivity index (χ0n) is 12.9. The van der Waals surface area contributed by atoms with E-state index in [0.717, 1.165) is 31.0 Å². The van der Waals surface area contributed by atoms with Gasteiger partial charge in [-0.1, -0.05) is 0 Å². The van der Waals surface area contributed by atoms with Gasteiger partial charge in [0.25, 0.3) is 5.91 Å². The van der Waals surface area contributed by atoms with Crippen LogP contribution in [0.1, 0.15) is 34.3 Å². The topological polar surface area (TPSA) is 78.0 Å². The van der Waals surface area contributed by atoms with Gasteiger partial charge in [-0.05, 0) is 20.5 Å². The molecule has 2 aromatic heterocycles. The summed E-state index contributed by atoms with van der Waals surface area (Å²) < 4.78 is 0. The van der Waals surface area contributed by atoms with Gasteiger partial charge < -0.3 is 14.8 Å². The highest BCUT2D eigenvalue weighted by Gasteiger charge is 2.30. The van der Waals surface area contributed by atoms with Crippen LogP contribution in [-0.2, 0) is 6.54 Å². The lowest BCUT2D eigenvalue weighted by molar-refractivity contribution is 0.0784. The molecule has 1 atom stereocenters. The molecule has 7 heteroatoms. The Kier molecular flexibility index (Phi) is 4.15. The van der Waals surface area contributed by atoms with Crippen molar-refractivity contribution < 1.29 is 4.79 Å². The van der Waals surface area contributed by atoms with E-state index in [0.29, 0.717) is 12.2 Å². The number of aromatic amines is 1. The van der Waals surface area contributed by atoms with Crippen molar-refractivity contribution in [2.24, 2.45) is 0 Å². The summed E-state index contributed by atoms with van der Waals surface area (Å²) in [7, 11) is 4.05. The van der Waals surface area contributed by atoms with Crippen molar-refractivity contribution in [2.45, 2.75) is 18.9 Å². The molecule has 0 unspecified atom stereocenters. The van der Waals surface area contributed by atoms with Gasteiger partial charge in [0.1, 0.15) is 11.5 Å². The number of amides is 1. The molecule has 116 valence electrons. The largest absolute Gasteiger partial charge is 0.345 e. The summed E-state index contributed by atoms with van der Waals surface area (Å²) in [5.41, 5.74) is 1.49. The monoisotopic (exact) mass is 300 g/mol. The Morgan fingerprint density at radius 2 is 2.23 bits per heavy atom. The first-order chi connectivity index (χ1) is 10.6. The van der Waals surface area contributed by atoms with E-state index in [2.05, 4.69) is 24.8 Å². The Balaban J connectivity index is 1.65. The molecule has 1 fully saturated rings. The number of carbonyl (C=O) groups is 1. The molecule has 0 radical (unpaired) electrons. The zero-order chi connectivity index (χ0) is 15.5. The molecule has 0 aromatic carbocycles. The van der Waals surface area contributed by atoms with Gasteiger partial charge in [-0.25, -0.2) is 9.97 Å². The summed E-state index contributed by atoms with van der Waals surface area (Å²) in [5.74, 6) is 1.17. The van der Waals surface area contributed by atoms with Crippen LogP contribution in [0.4, 0.5) is 0 Å². The van der Waals surface area contributed by atoms with Crippen molar-refractivity contribution in [1.29, 1.82) is 0 Å². The molecule has 1 saturated heterocycles. The van der Waals surface area contributed by atoms with Crippen LogP contribution in [-0.4, -0.2) is 62.8 Å². The third kappa shape index (κ3) is 3.14. The number of nitrogens with zero attached hydrogens (tertiary/aromatic N) is 5. The second-order valence-electron chi connectivity index (χ2n) is 5.86. The fourth-order valence-corrected chi connectivity index (χ4v) is 2.74. The molecule has 0 bridgehead atoms. The highest BCUT2D eigenvalue weighted by atomic mass is 16.2. The van der Waals surface area contributed by atoms with Gasteiger partial charge in [0.2, 0.25) is 0 Å². The summed E-state index contributed by atoms with van der Waals surface area (Å²) in [6.07, 6.45) is 7.42. The van der Waals surface area contributed by atoms with Crippen molar-refractivity contribution >= 4 is 5.91 Å². The lowest BCUT2D eigenvalue weighted by Crippen LogP contribution is -2.29. The van der Waals surface area contributed by atoms with Gasteiger partial charge in [-0.3, -0.25) is 9.78 Å². The second-order valence-corrected chi connectivity index (χ2v) is 5.86. The number of hydrogen-bond acceptors (Lipinski definition) is 5. The Labute approximate surface area is 129 Å². The van der Waals surface area contributed by atoms with Crippen molar-refractivity contribution in [3.05, 3.63) is 42.0 Å². The van der Waals surface area contributed by atoms with E-state index in [9.17, 15) is 4.79 Å². The van der Waals surface area contributed by atoms with Gasteiger partial charge in [0.05, 0.1) is 6.20 Å². The summed E-state index contributed by atoms with van der Waals surface area (Å²) in [6, 6.07) is 0. The van der Waals surface area contributed by atoms with Crippen LogP contribution in [0.5, 0.6) is 0 Å². The lowest BCUT2D eigenvalue weighted by Gasteiger charge is -2.15. The predicted octanol–water partition coefficient (Wildman–Crippen LogP) is 0.891. The van der Waals surface area contributed by atoms with Crippen molar-refractivity contribution in [3.63, 3.8) is 0 Å². The minimum Gasteiger partial charge on any atom is -0.345 e. The van der Waals surface area contributed by atoms with Gasteiger partial charge in [-0.15, -0.1) is 0 Å². The molecule has 0 saturated carbocycles. The number of nitrogens with one attached hydrogen (secondary N) is 1. The van der Waals surface area contributed by atoms with E-state index < -0.39 is 0 Å². The maximum Gasteiger partial charge on any atom is 0.274 e. The van der Waals surface area contributed by atoms with Crippen LogP contribution in [0.15, 0.2) is 24.8 Å². The van der Waals surface area contributed by atoms with Crippen LogP contribution in [0.25, 0.3) is 0 Å². The molecule has 22 heavy (non-hydrogen) atoms. The predicted molar refractivity (Wildman–Crippen MR) is 81.3 cm³/mol. The molecular formula is C15H20N6O. The maximum atomic E-state index is 12.4. The average Bonchev–Trinajstić information content (AvgIpc) is 3.15. The van der Waals surface area contributed by atoms with Gasteiger partial charge in [0, 0.05) is 49.8 Å². The molecule has 0 aliphatic carbocycles. The minimum atomic E-state index is -0.0596. The van der Waals surface area contributed by atoms with Crippen molar-refractivity contribution in [1.82, 2.24) is 29.7 Å². The lowest BCUT2D eigenvalue weighted by atomic mass is 10.1. The molecular weight excluding hydrogens is 280 g/mol. The van der Waals surface area contributed by atoms with E-state index >= 15 is 0 Å². The summed E-state index contributed by atoms with van der Waals surface area (Å²) >= 11 is 0. The highest BCUT2D eigenvalue weighted by Crippen LogP contribution is 2.26. The van der Waals surface area contributed by atoms with Gasteiger partial charge >= 0.3 is 0 Å². The molecule has 7 nitrogen and oxygen atoms in total. The van der Waals surface area contributed by atoms with Crippen LogP contribution >= 0.6 is 0 Å². The summed E-state index contributed by atoms with van der Waals surface area (Å²) in [5, 5.41) is 0. The van der Waals surface area contributed by atoms with E-state index in [1.807, 2.05) is 25.2 Å². The molecule has 3 heterocycles. The fraction of sp³-hybridized carbons (Fsp3) is 0.467. The zero-order valence-corrected chi connectivity index (χ0v) is 12.9. The number of H-pyrrole nitrogens is 1. The average molecular weight is 300 g/mol. The van der Waals surface area contributed by atoms with Crippen molar-refractivity contribution in [3.8, 4) is 0 Å². The second kappa shape index (κ2) is 6.23. The number of likely N-dealkylation sites (tertiary alicyclic amines) is 1. The van der Waals surface area contributed by atoms with E-state index in [4.69, 9.17) is 0 Å². The molecule has 1 amide bonds. The number of aromatic nitrogens is 4. The van der Waals surface area contributed by atoms with Crippen molar-refractivity contribution in [2.75, 3.05) is 27.2 Å². The highest BCUT2D eigenvalue weighted by molar-refractivity contribution is 5.92. The molecule has 0 spiro atoms. The quantitative estimate of drug-likeness (QED) is 0.907. The smallest absolute Gasteiger partial charge is 0.274 e. The number of carbonyl (C=O) groups excluding carboxylic acids is 1. The number of hydrogen-bond donors (Lipinski definition) is 1. The Morgan fingerprint density at radius 3 is 2.95 bits per heavy atom. The standard InChI is InChI=1S/C15H20N6O/c1-20(2)10-12-7-18-14(19-12)11-3-6-21(9-11)15(22)13-8-16-4-5-17-13/h4-5,7-8,11H,3,6,9-10H2,1-2H3,(H,18,19)/t11-/m1/s1. The SMILES string of the molecule is CN(C)Cc1cnc([C@@H]2CCN(C(=O)c3cnccn3)C2)[nH]1. The summed E-state index contributed by atoms with van der Waals surface area (Å²) in [4.78, 5) is 32.1. The maximum absolute atomic E-state index is 12.4. The van der Waals surface area contributed by atoms with E-state index in [1.54, 1.807) is 12.4 Å². The fourth-order valence-electron chi connectivity index (χ4n) is 2.74. The molecule has 1 N–H and O–H groups in total. The minimum absolute atomic E-state index is 0.0596. The molecule has 2 aromatic rings. The first-order valence-corrected chi connectivity index (χ1v) is 7.37. The van der Waals surface area contributed by atoms with Crippen LogP contribution in [0.2, 0.25) is 0 Å². The van der Waals surface area contributed by atoms with Crippen LogP contribution < -0.4 is 0 Å². The first kappa shape index (κ1) is 14.6. The molecule has 3 rings (SSSR count). The summed E-state index contributed by atoms with van der Waals surface area (Å²) in [6.45, 7) is 2.23. The third-order valence-electron chi connectivity index (χ3n) is 3.78. The third-order valence-corrected chi connectivity index (χ3v) is 3.78. The Bertz CT molecular complexity index is 638. The van der Waals surface area contributed by atoms with E-state index in [1.165, 1.54) is 6.20 Å². The number of rotatable bonds is 4. The van der Waals surface area contributed by atoms with Gasteiger partial charge in [-0.2, -0.15) is 0 Å².